The van der Waals surface area contributed by atoms with Gasteiger partial charge in [0.2, 0.25) is 0 Å². The van der Waals surface area contributed by atoms with Crippen LogP contribution < -0.4 is 5.32 Å². The molecule has 1 saturated heterocycles. The van der Waals surface area contributed by atoms with E-state index >= 15 is 0 Å². The first-order valence-corrected chi connectivity index (χ1v) is 8.95. The van der Waals surface area contributed by atoms with Crippen molar-refractivity contribution in [3.05, 3.63) is 21.4 Å². The van der Waals surface area contributed by atoms with Crippen LogP contribution in [-0.4, -0.2) is 37.7 Å². The first-order chi connectivity index (χ1) is 10.0. The number of rotatable bonds is 7. The van der Waals surface area contributed by atoms with E-state index in [1.165, 1.54) is 28.2 Å². The number of ether oxygens (including phenoxy) is 1. The Hall–Kier alpha value is -0.420. The number of aryl methyl sites for hydroxylation is 1. The summed E-state index contributed by atoms with van der Waals surface area (Å²) in [6.07, 6.45) is 2.79. The van der Waals surface area contributed by atoms with Crippen molar-refractivity contribution in [2.24, 2.45) is 5.92 Å². The maximum absolute atomic E-state index is 6.11. The van der Waals surface area contributed by atoms with E-state index in [-0.39, 0.29) is 0 Å². The van der Waals surface area contributed by atoms with Gasteiger partial charge in [-0.3, -0.25) is 0 Å². The van der Waals surface area contributed by atoms with Crippen LogP contribution in [0.2, 0.25) is 0 Å². The first-order valence-electron chi connectivity index (χ1n) is 8.13. The summed E-state index contributed by atoms with van der Waals surface area (Å²) in [5.74, 6) is 0.707. The Balaban J connectivity index is 1.76. The van der Waals surface area contributed by atoms with Crippen molar-refractivity contribution in [2.45, 2.75) is 52.9 Å². The van der Waals surface area contributed by atoms with Gasteiger partial charge < -0.3 is 15.0 Å². The van der Waals surface area contributed by atoms with Crippen LogP contribution in [0.1, 0.15) is 42.0 Å². The number of likely N-dealkylation sites (tertiary alicyclic amines) is 1. The van der Waals surface area contributed by atoms with Gasteiger partial charge in [0, 0.05) is 29.4 Å². The van der Waals surface area contributed by atoms with Crippen LogP contribution in [-0.2, 0) is 17.9 Å². The number of nitrogens with zero attached hydrogens (tertiary/aromatic N) is 1. The molecule has 21 heavy (non-hydrogen) atoms. The predicted octanol–water partition coefficient (Wildman–Crippen LogP) is 3.41. The summed E-state index contributed by atoms with van der Waals surface area (Å²) >= 11 is 1.90. The molecule has 3 nitrogen and oxygen atoms in total. The number of piperidine rings is 1. The summed E-state index contributed by atoms with van der Waals surface area (Å²) in [6, 6.07) is 2.32. The zero-order valence-electron chi connectivity index (χ0n) is 13.9. The van der Waals surface area contributed by atoms with Gasteiger partial charge in [0.05, 0.1) is 12.7 Å². The standard InChI is InChI=1S/C17H30N2OS/c1-13(2)10-18-11-17-9-15(14(3)21-17)12-20-16-5-7-19(4)8-6-16/h9,13,16,18H,5-8,10-12H2,1-4H3. The van der Waals surface area contributed by atoms with E-state index in [9.17, 15) is 0 Å². The Kier molecular flexibility index (Phi) is 6.68. The molecular formula is C17H30N2OS. The van der Waals surface area contributed by atoms with Gasteiger partial charge in [0.25, 0.3) is 0 Å². The molecule has 1 aliphatic heterocycles. The molecule has 2 rings (SSSR count). The van der Waals surface area contributed by atoms with Crippen molar-refractivity contribution in [1.82, 2.24) is 10.2 Å². The number of thiophene rings is 1. The summed E-state index contributed by atoms with van der Waals surface area (Å²) < 4.78 is 6.11. The molecule has 0 spiro atoms. The van der Waals surface area contributed by atoms with Gasteiger partial charge in [0.1, 0.15) is 0 Å². The van der Waals surface area contributed by atoms with E-state index in [4.69, 9.17) is 4.74 Å². The Labute approximate surface area is 133 Å². The van der Waals surface area contributed by atoms with Crippen LogP contribution in [0.4, 0.5) is 0 Å². The van der Waals surface area contributed by atoms with Crippen molar-refractivity contribution >= 4 is 11.3 Å². The number of nitrogens with one attached hydrogen (secondary N) is 1. The second kappa shape index (κ2) is 8.28. The summed E-state index contributed by atoms with van der Waals surface area (Å²) in [7, 11) is 2.19. The summed E-state index contributed by atoms with van der Waals surface area (Å²) in [5, 5.41) is 3.52. The lowest BCUT2D eigenvalue weighted by Gasteiger charge is -2.28. The van der Waals surface area contributed by atoms with Crippen LogP contribution in [0.25, 0.3) is 0 Å². The highest BCUT2D eigenvalue weighted by Crippen LogP contribution is 2.24. The molecule has 1 aliphatic rings. The average Bonchev–Trinajstić information content (AvgIpc) is 2.78. The van der Waals surface area contributed by atoms with Crippen LogP contribution in [0, 0.1) is 12.8 Å². The molecule has 4 heteroatoms. The minimum Gasteiger partial charge on any atom is -0.373 e. The second-order valence-corrected chi connectivity index (χ2v) is 7.97. The summed E-state index contributed by atoms with van der Waals surface area (Å²) in [5.41, 5.74) is 1.38. The maximum Gasteiger partial charge on any atom is 0.0731 e. The van der Waals surface area contributed by atoms with Gasteiger partial charge in [0.15, 0.2) is 0 Å². The van der Waals surface area contributed by atoms with E-state index in [2.05, 4.69) is 44.1 Å². The van der Waals surface area contributed by atoms with E-state index in [0.29, 0.717) is 12.0 Å². The van der Waals surface area contributed by atoms with Crippen LogP contribution in [0.5, 0.6) is 0 Å². The zero-order valence-corrected chi connectivity index (χ0v) is 14.8. The van der Waals surface area contributed by atoms with Crippen LogP contribution in [0.15, 0.2) is 6.07 Å². The lowest BCUT2D eigenvalue weighted by molar-refractivity contribution is 0.00208. The van der Waals surface area contributed by atoms with Gasteiger partial charge >= 0.3 is 0 Å². The molecule has 0 unspecified atom stereocenters. The maximum atomic E-state index is 6.11. The lowest BCUT2D eigenvalue weighted by Crippen LogP contribution is -2.34. The summed E-state index contributed by atoms with van der Waals surface area (Å²) in [6.45, 7) is 11.9. The topological polar surface area (TPSA) is 24.5 Å². The van der Waals surface area contributed by atoms with Crippen molar-refractivity contribution in [1.29, 1.82) is 0 Å². The summed E-state index contributed by atoms with van der Waals surface area (Å²) in [4.78, 5) is 5.22. The zero-order chi connectivity index (χ0) is 15.2. The molecule has 0 bridgehead atoms. The Morgan fingerprint density at radius 2 is 2.10 bits per heavy atom. The van der Waals surface area contributed by atoms with Crippen molar-refractivity contribution < 1.29 is 4.74 Å². The fraction of sp³-hybridized carbons (Fsp3) is 0.765. The smallest absolute Gasteiger partial charge is 0.0731 e. The third-order valence-corrected chi connectivity index (χ3v) is 5.16. The predicted molar refractivity (Wildman–Crippen MR) is 90.9 cm³/mol. The molecule has 0 aromatic carbocycles. The van der Waals surface area contributed by atoms with Gasteiger partial charge in [-0.15, -0.1) is 11.3 Å². The lowest BCUT2D eigenvalue weighted by atomic mass is 10.1. The van der Waals surface area contributed by atoms with Crippen LogP contribution >= 0.6 is 11.3 Å². The molecule has 1 aromatic rings. The van der Waals surface area contributed by atoms with Crippen molar-refractivity contribution in [2.75, 3.05) is 26.7 Å². The largest absolute Gasteiger partial charge is 0.373 e. The van der Waals surface area contributed by atoms with E-state index in [1.54, 1.807) is 0 Å². The Morgan fingerprint density at radius 1 is 1.38 bits per heavy atom. The fourth-order valence-electron chi connectivity index (χ4n) is 2.66. The molecule has 1 N–H and O–H groups in total. The second-order valence-electron chi connectivity index (χ2n) is 6.63. The molecule has 2 heterocycles. The minimum atomic E-state index is 0.447. The van der Waals surface area contributed by atoms with Crippen LogP contribution in [0.3, 0.4) is 0 Å². The van der Waals surface area contributed by atoms with Crippen molar-refractivity contribution in [3.8, 4) is 0 Å². The Bertz CT molecular complexity index is 422. The normalized spacial score (nSPS) is 17.8. The minimum absolute atomic E-state index is 0.447. The van der Waals surface area contributed by atoms with E-state index < -0.39 is 0 Å². The SMILES string of the molecule is Cc1sc(CNCC(C)C)cc1COC1CCN(C)CC1. The first kappa shape index (κ1) is 16.9. The quantitative estimate of drug-likeness (QED) is 0.835. The molecule has 1 fully saturated rings. The Morgan fingerprint density at radius 3 is 2.76 bits per heavy atom. The molecular weight excluding hydrogens is 280 g/mol. The molecule has 0 saturated carbocycles. The van der Waals surface area contributed by atoms with Gasteiger partial charge in [-0.1, -0.05) is 13.8 Å². The van der Waals surface area contributed by atoms with Crippen molar-refractivity contribution in [3.63, 3.8) is 0 Å². The molecule has 0 amide bonds. The highest BCUT2D eigenvalue weighted by Gasteiger charge is 2.17. The molecule has 0 aliphatic carbocycles. The number of hydrogen-bond acceptors (Lipinski definition) is 4. The monoisotopic (exact) mass is 310 g/mol. The van der Waals surface area contributed by atoms with E-state index in [1.807, 2.05) is 11.3 Å². The van der Waals surface area contributed by atoms with Gasteiger partial charge in [-0.2, -0.15) is 0 Å². The third kappa shape index (κ3) is 5.70. The highest BCUT2D eigenvalue weighted by molar-refractivity contribution is 7.12. The van der Waals surface area contributed by atoms with Gasteiger partial charge in [-0.05, 0) is 50.9 Å². The average molecular weight is 311 g/mol. The molecule has 0 atom stereocenters. The van der Waals surface area contributed by atoms with E-state index in [0.717, 1.165) is 32.8 Å². The van der Waals surface area contributed by atoms with Gasteiger partial charge in [-0.25, -0.2) is 0 Å². The molecule has 120 valence electrons. The third-order valence-electron chi connectivity index (χ3n) is 4.06. The number of hydrogen-bond donors (Lipinski definition) is 1. The highest BCUT2D eigenvalue weighted by atomic mass is 32.1. The molecule has 1 aromatic heterocycles. The molecule has 0 radical (unpaired) electrons. The fourth-order valence-corrected chi connectivity index (χ4v) is 3.68.